The second-order valence-corrected chi connectivity index (χ2v) is 5.57. The fraction of sp³-hybridized carbons (Fsp3) is 0.312. The lowest BCUT2D eigenvalue weighted by Gasteiger charge is -2.18. The van der Waals surface area contributed by atoms with Crippen molar-refractivity contribution in [2.24, 2.45) is 0 Å². The Balaban J connectivity index is 2.14. The molecule has 1 aromatic carbocycles. The van der Waals surface area contributed by atoms with E-state index in [0.717, 1.165) is 23.3 Å². The maximum Gasteiger partial charge on any atom is 0.262 e. The fourth-order valence-corrected chi connectivity index (χ4v) is 2.95. The number of hydrogen-bond acceptors (Lipinski definition) is 2. The molecule has 0 fully saturated rings. The second-order valence-electron chi connectivity index (χ2n) is 4.66. The van der Waals surface area contributed by atoms with Crippen molar-refractivity contribution in [3.63, 3.8) is 0 Å². The van der Waals surface area contributed by atoms with E-state index in [2.05, 4.69) is 24.4 Å². The van der Waals surface area contributed by atoms with Gasteiger partial charge >= 0.3 is 0 Å². The van der Waals surface area contributed by atoms with Gasteiger partial charge in [0.2, 0.25) is 0 Å². The third-order valence-corrected chi connectivity index (χ3v) is 4.17. The molecule has 100 valence electrons. The van der Waals surface area contributed by atoms with Gasteiger partial charge in [-0.1, -0.05) is 43.7 Å². The molecule has 0 bridgehead atoms. The van der Waals surface area contributed by atoms with Crippen LogP contribution in [0.2, 0.25) is 0 Å². The smallest absolute Gasteiger partial charge is 0.262 e. The van der Waals surface area contributed by atoms with Crippen molar-refractivity contribution in [3.8, 4) is 0 Å². The third-order valence-electron chi connectivity index (χ3n) is 3.15. The predicted molar refractivity (Wildman–Crippen MR) is 80.6 cm³/mol. The van der Waals surface area contributed by atoms with Crippen molar-refractivity contribution in [2.45, 2.75) is 32.7 Å². The predicted octanol–water partition coefficient (Wildman–Crippen LogP) is 4.33. The Labute approximate surface area is 118 Å². The van der Waals surface area contributed by atoms with Crippen LogP contribution in [0.15, 0.2) is 41.8 Å². The standard InChI is InChI=1S/C16H19NOS/c1-3-7-14(13-8-5-4-6-9-13)17-16(18)15-12(2)10-11-19-15/h4-6,8-11,14H,3,7H2,1-2H3,(H,17,18). The summed E-state index contributed by atoms with van der Waals surface area (Å²) in [5.41, 5.74) is 2.22. The Hall–Kier alpha value is -1.61. The topological polar surface area (TPSA) is 29.1 Å². The molecule has 1 N–H and O–H groups in total. The van der Waals surface area contributed by atoms with Gasteiger partial charge in [-0.3, -0.25) is 4.79 Å². The number of thiophene rings is 1. The number of benzene rings is 1. The zero-order valence-corrected chi connectivity index (χ0v) is 12.2. The largest absolute Gasteiger partial charge is 0.345 e. The second kappa shape index (κ2) is 6.53. The molecule has 0 spiro atoms. The van der Waals surface area contributed by atoms with Crippen LogP contribution in [-0.4, -0.2) is 5.91 Å². The molecule has 1 heterocycles. The minimum absolute atomic E-state index is 0.0369. The van der Waals surface area contributed by atoms with E-state index in [9.17, 15) is 4.79 Å². The van der Waals surface area contributed by atoms with Gasteiger partial charge in [0, 0.05) is 0 Å². The van der Waals surface area contributed by atoms with Crippen LogP contribution in [0.25, 0.3) is 0 Å². The van der Waals surface area contributed by atoms with E-state index >= 15 is 0 Å². The van der Waals surface area contributed by atoms with Crippen molar-refractivity contribution in [3.05, 3.63) is 57.8 Å². The normalized spacial score (nSPS) is 12.1. The summed E-state index contributed by atoms with van der Waals surface area (Å²) in [4.78, 5) is 13.1. The average molecular weight is 273 g/mol. The Morgan fingerprint density at radius 1 is 1.26 bits per heavy atom. The Bertz CT molecular complexity index is 533. The highest BCUT2D eigenvalue weighted by molar-refractivity contribution is 7.12. The van der Waals surface area contributed by atoms with Gasteiger partial charge in [-0.25, -0.2) is 0 Å². The van der Waals surface area contributed by atoms with Crippen LogP contribution >= 0.6 is 11.3 Å². The number of nitrogens with one attached hydrogen (secondary N) is 1. The molecule has 1 atom stereocenters. The Kier molecular flexibility index (Phi) is 4.74. The van der Waals surface area contributed by atoms with Gasteiger partial charge < -0.3 is 5.32 Å². The molecule has 0 saturated carbocycles. The fourth-order valence-electron chi connectivity index (χ4n) is 2.13. The van der Waals surface area contributed by atoms with E-state index < -0.39 is 0 Å². The molecule has 0 radical (unpaired) electrons. The molecule has 0 aliphatic heterocycles. The lowest BCUT2D eigenvalue weighted by atomic mass is 10.0. The summed E-state index contributed by atoms with van der Waals surface area (Å²) in [5, 5.41) is 5.11. The summed E-state index contributed by atoms with van der Waals surface area (Å²) >= 11 is 1.50. The van der Waals surface area contributed by atoms with E-state index in [4.69, 9.17) is 0 Å². The summed E-state index contributed by atoms with van der Waals surface area (Å²) in [7, 11) is 0. The maximum absolute atomic E-state index is 12.3. The van der Waals surface area contributed by atoms with Crippen LogP contribution in [-0.2, 0) is 0 Å². The first-order valence-electron chi connectivity index (χ1n) is 6.62. The van der Waals surface area contributed by atoms with Crippen molar-refractivity contribution in [1.29, 1.82) is 0 Å². The monoisotopic (exact) mass is 273 g/mol. The number of carbonyl (C=O) groups is 1. The van der Waals surface area contributed by atoms with Crippen molar-refractivity contribution in [1.82, 2.24) is 5.32 Å². The highest BCUT2D eigenvalue weighted by Crippen LogP contribution is 2.21. The number of rotatable bonds is 5. The molecule has 2 rings (SSSR count). The van der Waals surface area contributed by atoms with Gasteiger partial charge in [0.1, 0.15) is 0 Å². The van der Waals surface area contributed by atoms with Crippen LogP contribution < -0.4 is 5.32 Å². The highest BCUT2D eigenvalue weighted by atomic mass is 32.1. The summed E-state index contributed by atoms with van der Waals surface area (Å²) < 4.78 is 0. The zero-order chi connectivity index (χ0) is 13.7. The average Bonchev–Trinajstić information content (AvgIpc) is 2.85. The summed E-state index contributed by atoms with van der Waals surface area (Å²) in [6, 6.07) is 12.2. The number of hydrogen-bond donors (Lipinski definition) is 1. The van der Waals surface area contributed by atoms with Crippen LogP contribution in [0.3, 0.4) is 0 Å². The molecule has 1 unspecified atom stereocenters. The van der Waals surface area contributed by atoms with Crippen molar-refractivity contribution in [2.75, 3.05) is 0 Å². The van der Waals surface area contributed by atoms with Gasteiger partial charge in [-0.05, 0) is 35.9 Å². The Morgan fingerprint density at radius 2 is 2.00 bits per heavy atom. The summed E-state index contributed by atoms with van der Waals surface area (Å²) in [6.07, 6.45) is 2.00. The molecule has 2 aromatic rings. The van der Waals surface area contributed by atoms with E-state index in [1.807, 2.05) is 36.6 Å². The minimum Gasteiger partial charge on any atom is -0.345 e. The van der Waals surface area contributed by atoms with E-state index in [-0.39, 0.29) is 11.9 Å². The van der Waals surface area contributed by atoms with Crippen LogP contribution in [0.5, 0.6) is 0 Å². The highest BCUT2D eigenvalue weighted by Gasteiger charge is 2.16. The molecular weight excluding hydrogens is 254 g/mol. The lowest BCUT2D eigenvalue weighted by molar-refractivity contribution is 0.0938. The molecule has 1 amide bonds. The SMILES string of the molecule is CCCC(NC(=O)c1sccc1C)c1ccccc1. The summed E-state index contributed by atoms with van der Waals surface area (Å²) in [5.74, 6) is 0.0369. The van der Waals surface area contributed by atoms with Crippen LogP contribution in [0.4, 0.5) is 0 Å². The molecule has 19 heavy (non-hydrogen) atoms. The quantitative estimate of drug-likeness (QED) is 0.863. The molecule has 1 aromatic heterocycles. The van der Waals surface area contributed by atoms with Crippen molar-refractivity contribution < 1.29 is 4.79 Å². The van der Waals surface area contributed by atoms with Gasteiger partial charge in [-0.2, -0.15) is 0 Å². The number of carbonyl (C=O) groups excluding carboxylic acids is 1. The van der Waals surface area contributed by atoms with Gasteiger partial charge in [0.15, 0.2) is 0 Å². The summed E-state index contributed by atoms with van der Waals surface area (Å²) in [6.45, 7) is 4.11. The maximum atomic E-state index is 12.3. The minimum atomic E-state index is 0.0369. The van der Waals surface area contributed by atoms with Crippen LogP contribution in [0.1, 0.15) is 46.6 Å². The molecule has 0 aliphatic rings. The molecular formula is C16H19NOS. The Morgan fingerprint density at radius 3 is 2.58 bits per heavy atom. The first-order chi connectivity index (χ1) is 9.22. The van der Waals surface area contributed by atoms with E-state index in [1.54, 1.807) is 0 Å². The van der Waals surface area contributed by atoms with Crippen LogP contribution in [0, 0.1) is 6.92 Å². The van der Waals surface area contributed by atoms with E-state index in [0.29, 0.717) is 0 Å². The molecule has 3 heteroatoms. The third kappa shape index (κ3) is 3.44. The lowest BCUT2D eigenvalue weighted by Crippen LogP contribution is -2.28. The first-order valence-corrected chi connectivity index (χ1v) is 7.50. The van der Waals surface area contributed by atoms with Gasteiger partial charge in [0.05, 0.1) is 10.9 Å². The van der Waals surface area contributed by atoms with Crippen molar-refractivity contribution >= 4 is 17.2 Å². The number of aryl methyl sites for hydroxylation is 1. The molecule has 0 saturated heterocycles. The van der Waals surface area contributed by atoms with Gasteiger partial charge in [0.25, 0.3) is 5.91 Å². The molecule has 2 nitrogen and oxygen atoms in total. The zero-order valence-electron chi connectivity index (χ0n) is 11.3. The molecule has 0 aliphatic carbocycles. The van der Waals surface area contributed by atoms with Gasteiger partial charge in [-0.15, -0.1) is 11.3 Å². The number of amides is 1. The first kappa shape index (κ1) is 13.8. The van der Waals surface area contributed by atoms with E-state index in [1.165, 1.54) is 16.9 Å².